The Kier molecular flexibility index (Phi) is 4.41. The molecule has 1 heteroatoms. The van der Waals surface area contributed by atoms with Gasteiger partial charge in [-0.1, -0.05) is 121 Å². The zero-order valence-corrected chi connectivity index (χ0v) is 15.1. The summed E-state index contributed by atoms with van der Waals surface area (Å²) >= 11 is 4.16. The van der Waals surface area contributed by atoms with E-state index in [2.05, 4.69) is 121 Å². The molecule has 23 heavy (non-hydrogen) atoms. The second-order valence-electron chi connectivity index (χ2n) is 6.38. The van der Waals surface area contributed by atoms with Crippen molar-refractivity contribution in [3.63, 3.8) is 0 Å². The molecule has 0 aliphatic carbocycles. The molecule has 0 radical (unpaired) electrons. The molecule has 0 unspecified atom stereocenters. The van der Waals surface area contributed by atoms with Crippen molar-refractivity contribution in [2.24, 2.45) is 0 Å². The van der Waals surface area contributed by atoms with Crippen LogP contribution in [0.3, 0.4) is 0 Å². The smallest absolute Gasteiger partial charge is 0.0739 e. The lowest BCUT2D eigenvalue weighted by molar-refractivity contribution is 0.429. The van der Waals surface area contributed by atoms with Crippen LogP contribution in [0.4, 0.5) is 0 Å². The van der Waals surface area contributed by atoms with Gasteiger partial charge in [0.2, 0.25) is 0 Å². The minimum Gasteiger partial charge on any atom is -0.0739 e. The molecule has 0 N–H and O–H groups in total. The Bertz CT molecular complexity index is 706. The molecule has 0 aromatic heterocycles. The summed E-state index contributed by atoms with van der Waals surface area (Å²) in [5, 5.41) is 0. The Balaban J connectivity index is 2.25. The van der Waals surface area contributed by atoms with Gasteiger partial charge in [0.05, 0.1) is 4.32 Å². The van der Waals surface area contributed by atoms with Crippen LogP contribution in [0.15, 0.2) is 91.0 Å². The summed E-state index contributed by atoms with van der Waals surface area (Å²) in [5.74, 6) is 0. The van der Waals surface area contributed by atoms with Gasteiger partial charge in [-0.2, -0.15) is 0 Å². The van der Waals surface area contributed by atoms with Gasteiger partial charge in [-0.15, -0.1) is 0 Å². The summed E-state index contributed by atoms with van der Waals surface area (Å²) < 4.78 is -0.302. The fraction of sp³-hybridized carbons (Fsp3) is 0.182. The first kappa shape index (κ1) is 16.0. The number of hydrogen-bond acceptors (Lipinski definition) is 0. The van der Waals surface area contributed by atoms with Crippen molar-refractivity contribution >= 4 is 15.9 Å². The average molecular weight is 365 g/mol. The zero-order chi connectivity index (χ0) is 16.3. The molecule has 0 nitrogen and oxygen atoms in total. The largest absolute Gasteiger partial charge is 0.0845 e. The Hall–Kier alpha value is -1.86. The maximum atomic E-state index is 4.16. The van der Waals surface area contributed by atoms with Crippen LogP contribution in [-0.2, 0) is 9.74 Å². The highest BCUT2D eigenvalue weighted by Crippen LogP contribution is 2.53. The quantitative estimate of drug-likeness (QED) is 0.476. The number of benzene rings is 3. The van der Waals surface area contributed by atoms with Crippen LogP contribution < -0.4 is 0 Å². The Labute approximate surface area is 147 Å². The Morgan fingerprint density at radius 3 is 1.17 bits per heavy atom. The van der Waals surface area contributed by atoms with E-state index in [1.54, 1.807) is 0 Å². The third-order valence-electron chi connectivity index (χ3n) is 4.70. The third-order valence-corrected chi connectivity index (χ3v) is 6.61. The minimum atomic E-state index is -0.302. The van der Waals surface area contributed by atoms with Crippen LogP contribution in [0.5, 0.6) is 0 Å². The fourth-order valence-electron chi connectivity index (χ4n) is 3.28. The summed E-state index contributed by atoms with van der Waals surface area (Å²) in [6.45, 7) is 4.61. The first-order chi connectivity index (χ1) is 11.1. The van der Waals surface area contributed by atoms with E-state index in [0.29, 0.717) is 0 Å². The van der Waals surface area contributed by atoms with E-state index >= 15 is 0 Å². The standard InChI is InChI=1S/C22H21Br/c1-21(2,18-12-6-3-7-13-18)22(23,19-14-8-4-9-15-19)20-16-10-5-11-17-20/h3-17H,1-2H3. The SMILES string of the molecule is CC(C)(c1ccccc1)C(Br)(c1ccccc1)c1ccccc1. The minimum absolute atomic E-state index is 0.128. The molecule has 0 spiro atoms. The van der Waals surface area contributed by atoms with Crippen molar-refractivity contribution in [2.75, 3.05) is 0 Å². The summed E-state index contributed by atoms with van der Waals surface area (Å²) in [4.78, 5) is 0. The van der Waals surface area contributed by atoms with Crippen LogP contribution in [0.2, 0.25) is 0 Å². The molecule has 0 saturated carbocycles. The van der Waals surface area contributed by atoms with E-state index < -0.39 is 0 Å². The predicted molar refractivity (Wildman–Crippen MR) is 102 cm³/mol. The van der Waals surface area contributed by atoms with Crippen LogP contribution >= 0.6 is 15.9 Å². The molecule has 0 atom stereocenters. The van der Waals surface area contributed by atoms with Gasteiger partial charge >= 0.3 is 0 Å². The maximum absolute atomic E-state index is 4.16. The molecule has 0 amide bonds. The number of hydrogen-bond donors (Lipinski definition) is 0. The van der Waals surface area contributed by atoms with Crippen LogP contribution in [0, 0.1) is 0 Å². The second-order valence-corrected chi connectivity index (χ2v) is 7.57. The van der Waals surface area contributed by atoms with Gasteiger partial charge in [0, 0.05) is 5.41 Å². The normalized spacial score (nSPS) is 12.1. The average Bonchev–Trinajstić information content (AvgIpc) is 2.63. The lowest BCUT2D eigenvalue weighted by Gasteiger charge is -2.44. The Morgan fingerprint density at radius 2 is 0.826 bits per heavy atom. The van der Waals surface area contributed by atoms with Crippen molar-refractivity contribution in [1.29, 1.82) is 0 Å². The van der Waals surface area contributed by atoms with Gasteiger partial charge in [0.15, 0.2) is 0 Å². The molecule has 3 aromatic rings. The fourth-order valence-corrected chi connectivity index (χ4v) is 4.04. The molecule has 3 rings (SSSR count). The van der Waals surface area contributed by atoms with Crippen LogP contribution in [-0.4, -0.2) is 0 Å². The van der Waals surface area contributed by atoms with E-state index in [-0.39, 0.29) is 9.74 Å². The van der Waals surface area contributed by atoms with Gasteiger partial charge in [-0.05, 0) is 16.7 Å². The number of halogens is 1. The summed E-state index contributed by atoms with van der Waals surface area (Å²) in [5.41, 5.74) is 3.71. The van der Waals surface area contributed by atoms with Crippen molar-refractivity contribution < 1.29 is 0 Å². The highest BCUT2D eigenvalue weighted by atomic mass is 79.9. The van der Waals surface area contributed by atoms with Crippen LogP contribution in [0.1, 0.15) is 30.5 Å². The lowest BCUT2D eigenvalue weighted by Crippen LogP contribution is -2.41. The zero-order valence-electron chi connectivity index (χ0n) is 13.5. The first-order valence-electron chi connectivity index (χ1n) is 7.92. The summed E-state index contributed by atoms with van der Waals surface area (Å²) in [6, 6.07) is 32.1. The Morgan fingerprint density at radius 1 is 0.522 bits per heavy atom. The summed E-state index contributed by atoms with van der Waals surface area (Å²) in [6.07, 6.45) is 0. The molecule has 0 fully saturated rings. The molecule has 0 aliphatic heterocycles. The molecular formula is C22H21Br. The molecular weight excluding hydrogens is 344 g/mol. The molecule has 0 bridgehead atoms. The molecule has 0 heterocycles. The second kappa shape index (κ2) is 6.33. The van der Waals surface area contributed by atoms with E-state index in [0.717, 1.165) is 0 Å². The van der Waals surface area contributed by atoms with Gasteiger partial charge < -0.3 is 0 Å². The lowest BCUT2D eigenvalue weighted by atomic mass is 9.67. The van der Waals surface area contributed by atoms with Crippen LogP contribution in [0.25, 0.3) is 0 Å². The summed E-state index contributed by atoms with van der Waals surface area (Å²) in [7, 11) is 0. The van der Waals surface area contributed by atoms with Crippen molar-refractivity contribution in [2.45, 2.75) is 23.6 Å². The molecule has 0 saturated heterocycles. The van der Waals surface area contributed by atoms with Crippen molar-refractivity contribution in [1.82, 2.24) is 0 Å². The number of alkyl halides is 1. The maximum Gasteiger partial charge on any atom is 0.0845 e. The van der Waals surface area contributed by atoms with Gasteiger partial charge in [-0.25, -0.2) is 0 Å². The monoisotopic (exact) mass is 364 g/mol. The highest BCUT2D eigenvalue weighted by molar-refractivity contribution is 9.09. The van der Waals surface area contributed by atoms with Gasteiger partial charge in [0.1, 0.15) is 0 Å². The van der Waals surface area contributed by atoms with Crippen molar-refractivity contribution in [3.8, 4) is 0 Å². The highest BCUT2D eigenvalue weighted by Gasteiger charge is 2.46. The van der Waals surface area contributed by atoms with E-state index in [4.69, 9.17) is 0 Å². The van der Waals surface area contributed by atoms with Crippen molar-refractivity contribution in [3.05, 3.63) is 108 Å². The van der Waals surface area contributed by atoms with E-state index in [1.807, 2.05) is 0 Å². The number of rotatable bonds is 4. The molecule has 0 aliphatic rings. The van der Waals surface area contributed by atoms with Gasteiger partial charge in [0.25, 0.3) is 0 Å². The molecule has 3 aromatic carbocycles. The molecule has 116 valence electrons. The topological polar surface area (TPSA) is 0 Å². The van der Waals surface area contributed by atoms with E-state index in [9.17, 15) is 0 Å². The predicted octanol–water partition coefficient (Wildman–Crippen LogP) is 6.30. The van der Waals surface area contributed by atoms with Gasteiger partial charge in [-0.3, -0.25) is 0 Å². The van der Waals surface area contributed by atoms with E-state index in [1.165, 1.54) is 16.7 Å². The first-order valence-corrected chi connectivity index (χ1v) is 8.71. The third kappa shape index (κ3) is 2.74.